The zero-order valence-electron chi connectivity index (χ0n) is 40.4. The van der Waals surface area contributed by atoms with E-state index in [1.165, 1.54) is 71.9 Å². The lowest BCUT2D eigenvalue weighted by Crippen LogP contribution is -2.25. The first-order valence-electron chi connectivity index (χ1n) is 25.6. The van der Waals surface area contributed by atoms with Gasteiger partial charge in [0.2, 0.25) is 0 Å². The maximum Gasteiger partial charge on any atom is 0.164 e. The van der Waals surface area contributed by atoms with Gasteiger partial charge in [-0.2, -0.15) is 0 Å². The molecule has 14 aromatic rings. The van der Waals surface area contributed by atoms with Crippen LogP contribution >= 0.6 is 0 Å². The second-order valence-electron chi connectivity index (χ2n) is 19.8. The second-order valence-corrected chi connectivity index (χ2v) is 19.8. The number of aromatic nitrogens is 4. The standard InChI is InChI=1S/C70H42N4O/c1-3-17-43(18-4-1)45-21-15-22-46(39-45)47-33-35-54-55-36-34-49(42-64(55)75-63(54)41-47)69-72-67(44-19-5-2-6-20-44)71-68(73-69)48-23-16-24-50(40-48)74-62-32-14-10-27-53(62)56-37-38-61-65(66(56)74)57-28-9-13-31-60(57)70(61)58-29-11-7-25-51(58)52-26-8-12-30-59(52)70/h1-42H. The van der Waals surface area contributed by atoms with Gasteiger partial charge in [-0.1, -0.05) is 206 Å². The third-order valence-corrected chi connectivity index (χ3v) is 15.9. The van der Waals surface area contributed by atoms with Crippen LogP contribution < -0.4 is 0 Å². The lowest BCUT2D eigenvalue weighted by Gasteiger charge is -2.30. The van der Waals surface area contributed by atoms with Crippen molar-refractivity contribution in [1.82, 2.24) is 19.5 Å². The maximum absolute atomic E-state index is 6.69. The minimum absolute atomic E-state index is 0.463. The Morgan fingerprint density at radius 1 is 0.307 bits per heavy atom. The molecule has 0 atom stereocenters. The molecule has 0 aliphatic heterocycles. The molecule has 0 bridgehead atoms. The van der Waals surface area contributed by atoms with E-state index in [4.69, 9.17) is 19.4 Å². The van der Waals surface area contributed by atoms with Crippen LogP contribution in [0.4, 0.5) is 0 Å². The fraction of sp³-hybridized carbons (Fsp3) is 0.0143. The van der Waals surface area contributed by atoms with Crippen LogP contribution in [0, 0.1) is 0 Å². The predicted molar refractivity (Wildman–Crippen MR) is 305 cm³/mol. The molecule has 2 aliphatic rings. The van der Waals surface area contributed by atoms with Crippen molar-refractivity contribution in [3.63, 3.8) is 0 Å². The highest BCUT2D eigenvalue weighted by atomic mass is 16.3. The molecule has 16 rings (SSSR count). The summed E-state index contributed by atoms with van der Waals surface area (Å²) in [5, 5.41) is 4.51. The van der Waals surface area contributed by atoms with Crippen molar-refractivity contribution >= 4 is 43.7 Å². The molecule has 5 nitrogen and oxygen atoms in total. The number of para-hydroxylation sites is 1. The molecule has 5 heteroatoms. The van der Waals surface area contributed by atoms with Gasteiger partial charge in [0.25, 0.3) is 0 Å². The van der Waals surface area contributed by atoms with Crippen LogP contribution in [0.3, 0.4) is 0 Å². The van der Waals surface area contributed by atoms with E-state index < -0.39 is 5.41 Å². The number of furan rings is 1. The third-order valence-electron chi connectivity index (χ3n) is 15.9. The lowest BCUT2D eigenvalue weighted by molar-refractivity contribution is 0.669. The van der Waals surface area contributed by atoms with Crippen molar-refractivity contribution in [2.45, 2.75) is 5.41 Å². The number of hydrogen-bond donors (Lipinski definition) is 0. The average molecular weight is 955 g/mol. The van der Waals surface area contributed by atoms with E-state index in [0.717, 1.165) is 61.0 Å². The third kappa shape index (κ3) is 6.10. The summed E-state index contributed by atoms with van der Waals surface area (Å²) in [5.74, 6) is 1.75. The van der Waals surface area contributed by atoms with Gasteiger partial charge >= 0.3 is 0 Å². The Labute approximate surface area is 432 Å². The van der Waals surface area contributed by atoms with Gasteiger partial charge in [-0.3, -0.25) is 0 Å². The van der Waals surface area contributed by atoms with Crippen LogP contribution in [0.15, 0.2) is 259 Å². The first kappa shape index (κ1) is 41.6. The van der Waals surface area contributed by atoms with Gasteiger partial charge in [0.15, 0.2) is 17.5 Å². The summed E-state index contributed by atoms with van der Waals surface area (Å²) in [5.41, 5.74) is 22.1. The summed E-state index contributed by atoms with van der Waals surface area (Å²) in [6.07, 6.45) is 0. The zero-order chi connectivity index (χ0) is 49.2. The first-order valence-corrected chi connectivity index (χ1v) is 25.6. The Bertz CT molecular complexity index is 4620. The fourth-order valence-electron chi connectivity index (χ4n) is 12.6. The first-order chi connectivity index (χ1) is 37.2. The quantitative estimate of drug-likeness (QED) is 0.167. The van der Waals surface area contributed by atoms with Crippen LogP contribution in [0.25, 0.3) is 128 Å². The van der Waals surface area contributed by atoms with E-state index in [-0.39, 0.29) is 0 Å². The van der Waals surface area contributed by atoms with Crippen LogP contribution in [0.5, 0.6) is 0 Å². The number of benzene rings is 11. The van der Waals surface area contributed by atoms with Crippen LogP contribution in [-0.2, 0) is 5.41 Å². The van der Waals surface area contributed by atoms with Crippen molar-refractivity contribution in [2.75, 3.05) is 0 Å². The number of rotatable bonds is 6. The minimum atomic E-state index is -0.463. The molecule has 0 saturated heterocycles. The summed E-state index contributed by atoms with van der Waals surface area (Å²) < 4.78 is 9.16. The summed E-state index contributed by atoms with van der Waals surface area (Å²) in [7, 11) is 0. The molecule has 3 heterocycles. The van der Waals surface area contributed by atoms with Crippen molar-refractivity contribution < 1.29 is 4.42 Å². The molecule has 0 saturated carbocycles. The van der Waals surface area contributed by atoms with Gasteiger partial charge in [0.1, 0.15) is 11.2 Å². The summed E-state index contributed by atoms with van der Waals surface area (Å²) in [6.45, 7) is 0. The lowest BCUT2D eigenvalue weighted by atomic mass is 9.70. The number of nitrogens with zero attached hydrogens (tertiary/aromatic N) is 4. The van der Waals surface area contributed by atoms with Gasteiger partial charge in [0, 0.05) is 49.5 Å². The zero-order valence-corrected chi connectivity index (χ0v) is 40.4. The van der Waals surface area contributed by atoms with Gasteiger partial charge in [-0.05, 0) is 110 Å². The monoisotopic (exact) mass is 954 g/mol. The summed E-state index contributed by atoms with van der Waals surface area (Å²) >= 11 is 0. The molecule has 75 heavy (non-hydrogen) atoms. The Morgan fingerprint density at radius 3 is 1.49 bits per heavy atom. The second kappa shape index (κ2) is 16.0. The predicted octanol–water partition coefficient (Wildman–Crippen LogP) is 17.5. The normalized spacial score (nSPS) is 12.9. The Morgan fingerprint density at radius 2 is 0.787 bits per heavy atom. The summed E-state index contributed by atoms with van der Waals surface area (Å²) in [6, 6.07) is 91.5. The topological polar surface area (TPSA) is 56.7 Å². The minimum Gasteiger partial charge on any atom is -0.456 e. The average Bonchev–Trinajstić information content (AvgIpc) is 4.21. The van der Waals surface area contributed by atoms with Crippen molar-refractivity contribution in [2.24, 2.45) is 0 Å². The Balaban J connectivity index is 0.853. The Hall–Kier alpha value is -9.97. The van der Waals surface area contributed by atoms with E-state index >= 15 is 0 Å². The van der Waals surface area contributed by atoms with E-state index in [0.29, 0.717) is 17.5 Å². The molecule has 0 radical (unpaired) electrons. The molecular weight excluding hydrogens is 913 g/mol. The highest BCUT2D eigenvalue weighted by molar-refractivity contribution is 6.17. The van der Waals surface area contributed by atoms with Crippen LogP contribution in [0.2, 0.25) is 0 Å². The molecule has 2 aliphatic carbocycles. The molecule has 0 fully saturated rings. The van der Waals surface area contributed by atoms with E-state index in [1.54, 1.807) is 0 Å². The number of hydrogen-bond acceptors (Lipinski definition) is 4. The highest BCUT2D eigenvalue weighted by Gasteiger charge is 2.52. The van der Waals surface area contributed by atoms with E-state index in [2.05, 4.69) is 241 Å². The smallest absolute Gasteiger partial charge is 0.164 e. The highest BCUT2D eigenvalue weighted by Crippen LogP contribution is 2.64. The SMILES string of the molecule is c1ccc(-c2cccc(-c3ccc4c(c3)oc3cc(-c5nc(-c6ccccc6)nc(-c6cccc(-n7c8ccccc8c8ccc9c(c87)-c7ccccc7C97c8ccccc8-c8ccccc87)c6)n5)ccc34)c2)cc1. The number of fused-ring (bicyclic) bond motifs is 17. The van der Waals surface area contributed by atoms with Crippen molar-refractivity contribution in [3.8, 4) is 84.4 Å². The van der Waals surface area contributed by atoms with Crippen molar-refractivity contribution in [1.29, 1.82) is 0 Å². The molecule has 0 unspecified atom stereocenters. The largest absolute Gasteiger partial charge is 0.456 e. The molecule has 11 aromatic carbocycles. The van der Waals surface area contributed by atoms with Gasteiger partial charge in [-0.25, -0.2) is 15.0 Å². The fourth-order valence-corrected chi connectivity index (χ4v) is 12.6. The maximum atomic E-state index is 6.69. The van der Waals surface area contributed by atoms with E-state index in [1.807, 2.05) is 18.2 Å². The molecule has 0 N–H and O–H groups in total. The van der Waals surface area contributed by atoms with E-state index in [9.17, 15) is 0 Å². The van der Waals surface area contributed by atoms with Gasteiger partial charge in [-0.15, -0.1) is 0 Å². The van der Waals surface area contributed by atoms with Gasteiger partial charge < -0.3 is 8.98 Å². The van der Waals surface area contributed by atoms with Crippen molar-refractivity contribution in [3.05, 3.63) is 277 Å². The molecular formula is C70H42N4O. The Kier molecular flexibility index (Phi) is 8.89. The van der Waals surface area contributed by atoms with Crippen LogP contribution in [-0.4, -0.2) is 19.5 Å². The molecule has 348 valence electrons. The molecule has 0 amide bonds. The van der Waals surface area contributed by atoms with Gasteiger partial charge in [0.05, 0.1) is 16.4 Å². The molecule has 1 spiro atoms. The molecule has 3 aromatic heterocycles. The summed E-state index contributed by atoms with van der Waals surface area (Å²) in [4.78, 5) is 15.7. The van der Waals surface area contributed by atoms with Crippen LogP contribution in [0.1, 0.15) is 22.3 Å².